The normalized spacial score (nSPS) is 12.4. The van der Waals surface area contributed by atoms with Crippen LogP contribution in [0, 0.1) is 0 Å². The second kappa shape index (κ2) is 7.61. The van der Waals surface area contributed by atoms with E-state index in [0.29, 0.717) is 11.1 Å². The molecule has 0 aliphatic rings. The zero-order valence-electron chi connectivity index (χ0n) is 14.5. The van der Waals surface area contributed by atoms with Crippen molar-refractivity contribution in [3.63, 3.8) is 0 Å². The first-order valence-corrected chi connectivity index (χ1v) is 8.33. The van der Waals surface area contributed by atoms with Crippen LogP contribution >= 0.6 is 0 Å². The Balaban J connectivity index is 1.82. The average molecular weight is 370 g/mol. The Hall–Kier alpha value is -3.15. The topological polar surface area (TPSA) is 42.0 Å². The van der Waals surface area contributed by atoms with E-state index in [0.717, 1.165) is 17.7 Å². The number of hydrogen-bond acceptors (Lipinski definition) is 2. The van der Waals surface area contributed by atoms with Crippen molar-refractivity contribution < 1.29 is 18.0 Å². The average Bonchev–Trinajstić information content (AvgIpc) is 2.68. The number of hydrogen-bond donors (Lipinski definition) is 1. The first kappa shape index (κ1) is 18.6. The van der Waals surface area contributed by atoms with Crippen LogP contribution in [0.3, 0.4) is 0 Å². The molecule has 1 aromatic heterocycles. The Morgan fingerprint density at radius 3 is 2.41 bits per heavy atom. The van der Waals surface area contributed by atoms with E-state index in [2.05, 4.69) is 10.3 Å². The Kier molecular flexibility index (Phi) is 5.26. The van der Waals surface area contributed by atoms with E-state index in [-0.39, 0.29) is 17.5 Å². The van der Waals surface area contributed by atoms with Crippen LogP contribution in [0.2, 0.25) is 0 Å². The van der Waals surface area contributed by atoms with Crippen LogP contribution in [0.5, 0.6) is 0 Å². The highest BCUT2D eigenvalue weighted by molar-refractivity contribution is 5.95. The first-order chi connectivity index (χ1) is 12.8. The fraction of sp³-hybridized carbons (Fsp3) is 0.143. The third-order valence-electron chi connectivity index (χ3n) is 4.17. The number of pyridine rings is 1. The van der Waals surface area contributed by atoms with Gasteiger partial charge in [-0.3, -0.25) is 9.78 Å². The van der Waals surface area contributed by atoms with Gasteiger partial charge in [0, 0.05) is 18.0 Å². The number of nitrogens with zero attached hydrogens (tertiary/aromatic N) is 1. The summed E-state index contributed by atoms with van der Waals surface area (Å²) in [6, 6.07) is 15.7. The summed E-state index contributed by atoms with van der Waals surface area (Å²) in [5.74, 6) is -0.340. The molecular weight excluding hydrogens is 353 g/mol. The van der Waals surface area contributed by atoms with Crippen molar-refractivity contribution in [2.75, 3.05) is 0 Å². The molecule has 2 aromatic carbocycles. The number of halogens is 3. The predicted molar refractivity (Wildman–Crippen MR) is 97.0 cm³/mol. The van der Waals surface area contributed by atoms with Gasteiger partial charge in [0.15, 0.2) is 0 Å². The van der Waals surface area contributed by atoms with E-state index >= 15 is 0 Å². The molecule has 1 amide bonds. The highest BCUT2D eigenvalue weighted by Gasteiger charge is 2.30. The van der Waals surface area contributed by atoms with Crippen molar-refractivity contribution in [3.05, 3.63) is 89.7 Å². The van der Waals surface area contributed by atoms with E-state index < -0.39 is 11.7 Å². The zero-order chi connectivity index (χ0) is 19.4. The van der Waals surface area contributed by atoms with Gasteiger partial charge in [-0.2, -0.15) is 13.2 Å². The van der Waals surface area contributed by atoms with Gasteiger partial charge in [0.1, 0.15) is 0 Å². The molecule has 0 radical (unpaired) electrons. The molecule has 27 heavy (non-hydrogen) atoms. The molecule has 1 unspecified atom stereocenters. The minimum atomic E-state index is -4.43. The lowest BCUT2D eigenvalue weighted by molar-refractivity contribution is -0.137. The van der Waals surface area contributed by atoms with Gasteiger partial charge in [0.05, 0.1) is 17.2 Å². The van der Waals surface area contributed by atoms with Crippen LogP contribution in [0.25, 0.3) is 11.1 Å². The summed E-state index contributed by atoms with van der Waals surface area (Å²) in [5, 5.41) is 2.87. The Labute approximate surface area is 154 Å². The lowest BCUT2D eigenvalue weighted by Crippen LogP contribution is -2.26. The zero-order valence-corrected chi connectivity index (χ0v) is 14.5. The lowest BCUT2D eigenvalue weighted by atomic mass is 10.0. The van der Waals surface area contributed by atoms with Crippen LogP contribution < -0.4 is 5.32 Å². The fourth-order valence-corrected chi connectivity index (χ4v) is 2.70. The number of amides is 1. The third kappa shape index (κ3) is 4.53. The number of alkyl halides is 3. The van der Waals surface area contributed by atoms with E-state index in [4.69, 9.17) is 0 Å². The molecule has 3 aromatic rings. The molecule has 0 fully saturated rings. The highest BCUT2D eigenvalue weighted by Crippen LogP contribution is 2.32. The largest absolute Gasteiger partial charge is 0.416 e. The third-order valence-corrected chi connectivity index (χ3v) is 4.17. The highest BCUT2D eigenvalue weighted by atomic mass is 19.4. The van der Waals surface area contributed by atoms with Gasteiger partial charge >= 0.3 is 6.18 Å². The lowest BCUT2D eigenvalue weighted by Gasteiger charge is -2.14. The number of nitrogens with one attached hydrogen (secondary N) is 1. The molecule has 0 saturated carbocycles. The Morgan fingerprint density at radius 2 is 1.70 bits per heavy atom. The molecule has 0 saturated heterocycles. The Morgan fingerprint density at radius 1 is 0.963 bits per heavy atom. The summed E-state index contributed by atoms with van der Waals surface area (Å²) in [6.45, 7) is 1.86. The molecule has 1 heterocycles. The van der Waals surface area contributed by atoms with Crippen LogP contribution in [0.15, 0.2) is 73.1 Å². The molecular formula is C21H17F3N2O. The minimum absolute atomic E-state index is 0.212. The summed E-state index contributed by atoms with van der Waals surface area (Å²) in [4.78, 5) is 16.5. The molecule has 138 valence electrons. The minimum Gasteiger partial charge on any atom is -0.345 e. The van der Waals surface area contributed by atoms with E-state index in [1.807, 2.05) is 37.3 Å². The number of benzene rings is 2. The van der Waals surface area contributed by atoms with E-state index in [9.17, 15) is 18.0 Å². The fourth-order valence-electron chi connectivity index (χ4n) is 2.70. The first-order valence-electron chi connectivity index (χ1n) is 8.33. The number of carbonyl (C=O) groups excluding carboxylic acids is 1. The summed E-state index contributed by atoms with van der Waals surface area (Å²) in [6.07, 6.45) is -1.60. The maximum Gasteiger partial charge on any atom is 0.416 e. The smallest absolute Gasteiger partial charge is 0.345 e. The quantitative estimate of drug-likeness (QED) is 0.681. The van der Waals surface area contributed by atoms with E-state index in [1.54, 1.807) is 6.07 Å². The molecule has 1 N–H and O–H groups in total. The summed E-state index contributed by atoms with van der Waals surface area (Å²) in [5.41, 5.74) is 1.29. The number of carbonyl (C=O) groups is 1. The van der Waals surface area contributed by atoms with Crippen molar-refractivity contribution in [1.29, 1.82) is 0 Å². The van der Waals surface area contributed by atoms with Gasteiger partial charge in [-0.15, -0.1) is 0 Å². The molecule has 6 heteroatoms. The van der Waals surface area contributed by atoms with Crippen molar-refractivity contribution in [2.24, 2.45) is 0 Å². The second-order valence-electron chi connectivity index (χ2n) is 6.15. The molecule has 0 spiro atoms. The van der Waals surface area contributed by atoms with Gasteiger partial charge in [-0.05, 0) is 36.2 Å². The Bertz CT molecular complexity index is 939. The molecule has 3 rings (SSSR count). The summed E-state index contributed by atoms with van der Waals surface area (Å²) in [7, 11) is 0. The van der Waals surface area contributed by atoms with Gasteiger partial charge in [0.2, 0.25) is 0 Å². The van der Waals surface area contributed by atoms with Crippen LogP contribution in [0.1, 0.15) is 34.5 Å². The maximum atomic E-state index is 12.9. The molecule has 0 aliphatic heterocycles. The van der Waals surface area contributed by atoms with Crippen molar-refractivity contribution in [3.8, 4) is 11.1 Å². The predicted octanol–water partition coefficient (Wildman–Crippen LogP) is 5.26. The second-order valence-corrected chi connectivity index (χ2v) is 6.15. The van der Waals surface area contributed by atoms with Crippen molar-refractivity contribution in [1.82, 2.24) is 10.3 Å². The number of rotatable bonds is 4. The standard InChI is InChI=1S/C21H17F3N2O/c1-14(15-6-3-2-4-7-15)26-20(27)18-10-17(12-25-13-18)16-8-5-9-19(11-16)21(22,23)24/h2-14H,1H3,(H,26,27). The van der Waals surface area contributed by atoms with Gasteiger partial charge in [-0.1, -0.05) is 42.5 Å². The molecule has 3 nitrogen and oxygen atoms in total. The molecule has 0 aliphatic carbocycles. The summed E-state index contributed by atoms with van der Waals surface area (Å²) < 4.78 is 38.7. The van der Waals surface area contributed by atoms with Crippen LogP contribution in [0.4, 0.5) is 13.2 Å². The van der Waals surface area contributed by atoms with E-state index in [1.165, 1.54) is 24.5 Å². The molecule has 1 atom stereocenters. The van der Waals surface area contributed by atoms with Gasteiger partial charge in [0.25, 0.3) is 5.91 Å². The van der Waals surface area contributed by atoms with Gasteiger partial charge < -0.3 is 5.32 Å². The van der Waals surface area contributed by atoms with Crippen LogP contribution in [-0.4, -0.2) is 10.9 Å². The number of aromatic nitrogens is 1. The van der Waals surface area contributed by atoms with Gasteiger partial charge in [-0.25, -0.2) is 0 Å². The van der Waals surface area contributed by atoms with Crippen LogP contribution in [-0.2, 0) is 6.18 Å². The maximum absolute atomic E-state index is 12.9. The van der Waals surface area contributed by atoms with Crippen molar-refractivity contribution >= 4 is 5.91 Å². The monoisotopic (exact) mass is 370 g/mol. The summed E-state index contributed by atoms with van der Waals surface area (Å²) >= 11 is 0. The molecule has 0 bridgehead atoms. The SMILES string of the molecule is CC(NC(=O)c1cncc(-c2cccc(C(F)(F)F)c2)c1)c1ccccc1. The van der Waals surface area contributed by atoms with Crippen molar-refractivity contribution in [2.45, 2.75) is 19.1 Å².